The molecule has 0 radical (unpaired) electrons. The van der Waals surface area contributed by atoms with Crippen molar-refractivity contribution >= 4 is 33.4 Å². The molecule has 0 unspecified atom stereocenters. The van der Waals surface area contributed by atoms with E-state index in [2.05, 4.69) is 31.7 Å². The molecule has 2 amide bonds. The molecule has 1 aliphatic carbocycles. The number of furan rings is 1. The fraction of sp³-hybridized carbons (Fsp3) is 0.400. The van der Waals surface area contributed by atoms with Crippen LogP contribution in [0.3, 0.4) is 0 Å². The van der Waals surface area contributed by atoms with Gasteiger partial charge in [-0.2, -0.15) is 5.10 Å². The number of nitrogens with one attached hydrogen (secondary N) is 2. The van der Waals surface area contributed by atoms with E-state index in [1.807, 2.05) is 0 Å². The Labute approximate surface area is 141 Å². The summed E-state index contributed by atoms with van der Waals surface area (Å²) in [5, 5.41) is 9.80. The van der Waals surface area contributed by atoms with Gasteiger partial charge in [0.1, 0.15) is 12.8 Å². The van der Waals surface area contributed by atoms with Crippen molar-refractivity contribution in [3.05, 3.63) is 35.0 Å². The second-order valence-electron chi connectivity index (χ2n) is 5.57. The van der Waals surface area contributed by atoms with Crippen LogP contribution in [0.4, 0.5) is 5.69 Å². The monoisotopic (exact) mass is 380 g/mol. The normalized spacial score (nSPS) is 14.8. The van der Waals surface area contributed by atoms with Crippen LogP contribution >= 0.6 is 15.9 Å². The maximum absolute atomic E-state index is 12.0. The standard InChI is InChI=1S/C15H17BrN4O3/c16-13-5-10(9-23-13)15(22)19-12-6-17-20(7-12)8-14(21)18-11-3-1-2-4-11/h5-7,9,11H,1-4,8H2,(H,18,21)(H,19,22). The molecular weight excluding hydrogens is 364 g/mol. The summed E-state index contributed by atoms with van der Waals surface area (Å²) in [5.74, 6) is -0.356. The molecule has 2 aromatic heterocycles. The van der Waals surface area contributed by atoms with E-state index >= 15 is 0 Å². The minimum atomic E-state index is -0.297. The second-order valence-corrected chi connectivity index (χ2v) is 6.35. The van der Waals surface area contributed by atoms with E-state index in [4.69, 9.17) is 4.42 Å². The molecular formula is C15H17BrN4O3. The number of amides is 2. The molecule has 0 aliphatic heterocycles. The van der Waals surface area contributed by atoms with Crippen LogP contribution in [0, 0.1) is 0 Å². The fourth-order valence-electron chi connectivity index (χ4n) is 2.64. The zero-order valence-corrected chi connectivity index (χ0v) is 14.0. The van der Waals surface area contributed by atoms with E-state index in [0.29, 0.717) is 15.9 Å². The first-order valence-electron chi connectivity index (χ1n) is 7.47. The summed E-state index contributed by atoms with van der Waals surface area (Å²) in [6.07, 6.45) is 8.94. The van der Waals surface area contributed by atoms with Crippen LogP contribution in [0.2, 0.25) is 0 Å². The van der Waals surface area contributed by atoms with Crippen molar-refractivity contribution < 1.29 is 14.0 Å². The van der Waals surface area contributed by atoms with Crippen LogP contribution in [0.15, 0.2) is 33.8 Å². The summed E-state index contributed by atoms with van der Waals surface area (Å²) < 4.78 is 7.02. The SMILES string of the molecule is O=C(Cn1cc(NC(=O)c2coc(Br)c2)cn1)NC1CCCC1. The van der Waals surface area contributed by atoms with Crippen molar-refractivity contribution in [1.82, 2.24) is 15.1 Å². The van der Waals surface area contributed by atoms with Gasteiger partial charge in [0.25, 0.3) is 5.91 Å². The Balaban J connectivity index is 1.53. The zero-order valence-electron chi connectivity index (χ0n) is 12.4. The molecule has 0 atom stereocenters. The molecule has 1 fully saturated rings. The maximum Gasteiger partial charge on any atom is 0.259 e. The van der Waals surface area contributed by atoms with Gasteiger partial charge in [-0.25, -0.2) is 0 Å². The largest absolute Gasteiger partial charge is 0.457 e. The van der Waals surface area contributed by atoms with Crippen LogP contribution in [-0.4, -0.2) is 27.6 Å². The predicted octanol–water partition coefficient (Wildman–Crippen LogP) is 2.55. The molecule has 8 heteroatoms. The Kier molecular flexibility index (Phi) is 4.80. The molecule has 3 rings (SSSR count). The number of rotatable bonds is 5. The topological polar surface area (TPSA) is 89.2 Å². The summed E-state index contributed by atoms with van der Waals surface area (Å²) in [5.41, 5.74) is 0.935. The average Bonchev–Trinajstić information content (AvgIpc) is 3.22. The van der Waals surface area contributed by atoms with Crippen molar-refractivity contribution in [1.29, 1.82) is 0 Å². The van der Waals surface area contributed by atoms with Crippen molar-refractivity contribution in [3.8, 4) is 0 Å². The maximum atomic E-state index is 12.0. The van der Waals surface area contributed by atoms with Crippen molar-refractivity contribution in [2.75, 3.05) is 5.32 Å². The highest BCUT2D eigenvalue weighted by atomic mass is 79.9. The highest BCUT2D eigenvalue weighted by Gasteiger charge is 2.17. The number of nitrogens with zero attached hydrogens (tertiary/aromatic N) is 2. The van der Waals surface area contributed by atoms with Gasteiger partial charge in [-0.3, -0.25) is 14.3 Å². The molecule has 2 N–H and O–H groups in total. The summed E-state index contributed by atoms with van der Waals surface area (Å²) in [7, 11) is 0. The third-order valence-corrected chi connectivity index (χ3v) is 4.16. The van der Waals surface area contributed by atoms with Crippen LogP contribution < -0.4 is 10.6 Å². The molecule has 2 heterocycles. The van der Waals surface area contributed by atoms with Gasteiger partial charge in [0.15, 0.2) is 4.67 Å². The lowest BCUT2D eigenvalue weighted by Crippen LogP contribution is -2.35. The zero-order chi connectivity index (χ0) is 16.2. The van der Waals surface area contributed by atoms with E-state index in [1.165, 1.54) is 30.0 Å². The van der Waals surface area contributed by atoms with Crippen LogP contribution in [0.5, 0.6) is 0 Å². The van der Waals surface area contributed by atoms with E-state index in [0.717, 1.165) is 12.8 Å². The van der Waals surface area contributed by atoms with Crippen molar-refractivity contribution in [2.24, 2.45) is 0 Å². The summed E-state index contributed by atoms with van der Waals surface area (Å²) in [6.45, 7) is 0.142. The predicted molar refractivity (Wildman–Crippen MR) is 87.0 cm³/mol. The highest BCUT2D eigenvalue weighted by molar-refractivity contribution is 9.10. The molecule has 122 valence electrons. The van der Waals surface area contributed by atoms with Gasteiger partial charge in [0.05, 0.1) is 17.4 Å². The van der Waals surface area contributed by atoms with Crippen LogP contribution in [0.1, 0.15) is 36.0 Å². The number of anilines is 1. The minimum Gasteiger partial charge on any atom is -0.457 e. The van der Waals surface area contributed by atoms with Gasteiger partial charge in [-0.05, 0) is 28.8 Å². The summed E-state index contributed by atoms with van der Waals surface area (Å²) >= 11 is 3.15. The third kappa shape index (κ3) is 4.22. The van der Waals surface area contributed by atoms with Gasteiger partial charge < -0.3 is 15.1 Å². The summed E-state index contributed by atoms with van der Waals surface area (Å²) in [6, 6.07) is 1.87. The van der Waals surface area contributed by atoms with E-state index in [1.54, 1.807) is 12.3 Å². The van der Waals surface area contributed by atoms with Crippen LogP contribution in [-0.2, 0) is 11.3 Å². The molecule has 23 heavy (non-hydrogen) atoms. The fourth-order valence-corrected chi connectivity index (χ4v) is 2.98. The number of aromatic nitrogens is 2. The summed E-state index contributed by atoms with van der Waals surface area (Å²) in [4.78, 5) is 23.9. The van der Waals surface area contributed by atoms with E-state index < -0.39 is 0 Å². The van der Waals surface area contributed by atoms with Crippen molar-refractivity contribution in [2.45, 2.75) is 38.3 Å². The highest BCUT2D eigenvalue weighted by Crippen LogP contribution is 2.18. The van der Waals surface area contributed by atoms with Gasteiger partial charge >= 0.3 is 0 Å². The lowest BCUT2D eigenvalue weighted by molar-refractivity contribution is -0.122. The number of halogens is 1. The van der Waals surface area contributed by atoms with Crippen LogP contribution in [0.25, 0.3) is 0 Å². The molecule has 0 spiro atoms. The van der Waals surface area contributed by atoms with Gasteiger partial charge in [-0.1, -0.05) is 12.8 Å². The Morgan fingerprint density at radius 1 is 1.39 bits per heavy atom. The number of hydrogen-bond donors (Lipinski definition) is 2. The van der Waals surface area contributed by atoms with Gasteiger partial charge in [-0.15, -0.1) is 0 Å². The first kappa shape index (κ1) is 15.8. The minimum absolute atomic E-state index is 0.0587. The molecule has 0 bridgehead atoms. The molecule has 1 aliphatic rings. The molecule has 1 saturated carbocycles. The Hall–Kier alpha value is -2.09. The van der Waals surface area contributed by atoms with Crippen molar-refractivity contribution in [3.63, 3.8) is 0 Å². The van der Waals surface area contributed by atoms with Gasteiger partial charge in [0.2, 0.25) is 5.91 Å². The first-order valence-corrected chi connectivity index (χ1v) is 8.26. The Morgan fingerprint density at radius 3 is 2.87 bits per heavy atom. The van der Waals surface area contributed by atoms with E-state index in [9.17, 15) is 9.59 Å². The molecule has 0 saturated heterocycles. The average molecular weight is 381 g/mol. The third-order valence-electron chi connectivity index (χ3n) is 3.75. The number of hydrogen-bond acceptors (Lipinski definition) is 4. The van der Waals surface area contributed by atoms with Gasteiger partial charge in [0, 0.05) is 18.3 Å². The van der Waals surface area contributed by atoms with E-state index in [-0.39, 0.29) is 24.4 Å². The number of carbonyl (C=O) groups excluding carboxylic acids is 2. The Morgan fingerprint density at radius 2 is 2.17 bits per heavy atom. The lowest BCUT2D eigenvalue weighted by atomic mass is 10.2. The number of carbonyl (C=O) groups is 2. The quantitative estimate of drug-likeness (QED) is 0.833. The molecule has 2 aromatic rings. The Bertz CT molecular complexity index is 703. The second kappa shape index (κ2) is 6.99. The first-order chi connectivity index (χ1) is 11.1. The lowest BCUT2D eigenvalue weighted by Gasteiger charge is -2.11. The smallest absolute Gasteiger partial charge is 0.259 e. The molecule has 0 aromatic carbocycles. The molecule has 7 nitrogen and oxygen atoms in total.